The summed E-state index contributed by atoms with van der Waals surface area (Å²) in [5.41, 5.74) is 22.1. The summed E-state index contributed by atoms with van der Waals surface area (Å²) in [7, 11) is -2.21. The Hall–Kier alpha value is -6.47. The summed E-state index contributed by atoms with van der Waals surface area (Å²) < 4.78 is 8.82. The van der Waals surface area contributed by atoms with Gasteiger partial charge >= 0.3 is 5.84 Å². The molecule has 0 spiro atoms. The van der Waals surface area contributed by atoms with Crippen molar-refractivity contribution in [2.45, 2.75) is 43.7 Å². The summed E-state index contributed by atoms with van der Waals surface area (Å²) in [6, 6.07) is 51.4. The normalized spacial score (nSPS) is 13.6. The average Bonchev–Trinajstić information content (AvgIpc) is 3.79. The number of rotatable bonds is 2. The number of benzene rings is 7. The number of pyridine rings is 1. The van der Waals surface area contributed by atoms with Gasteiger partial charge in [-0.15, -0.1) is 0 Å². The van der Waals surface area contributed by atoms with Crippen LogP contribution in [0.5, 0.6) is 0 Å². The average molecular weight is 794 g/mol. The largest absolute Gasteiger partial charge is 0.422 e. The fraction of sp³-hybridized carbons (Fsp3) is 0.0943. The summed E-state index contributed by atoms with van der Waals surface area (Å²) in [4.78, 5) is 12.6. The van der Waals surface area contributed by atoms with Crippen molar-refractivity contribution in [1.82, 2.24) is 14.4 Å². The van der Waals surface area contributed by atoms with E-state index in [0.29, 0.717) is 5.84 Å². The molecule has 0 amide bonds. The molecule has 0 atom stereocenters. The van der Waals surface area contributed by atoms with Crippen LogP contribution in [0.4, 0.5) is 0 Å². The van der Waals surface area contributed by atoms with Crippen LogP contribution < -0.4 is 10.4 Å². The fourth-order valence-electron chi connectivity index (χ4n) is 9.97. The lowest BCUT2D eigenvalue weighted by Gasteiger charge is -2.35. The van der Waals surface area contributed by atoms with Crippen LogP contribution in [-0.4, -0.2) is 22.4 Å². The Morgan fingerprint density at radius 3 is 2.05 bits per heavy atom. The van der Waals surface area contributed by atoms with Crippen LogP contribution >= 0.6 is 11.8 Å². The van der Waals surface area contributed by atoms with Gasteiger partial charge in [-0.05, 0) is 129 Å². The molecular formula is C53H39N3OSSi. The maximum Gasteiger partial charge on any atom is 0.307 e. The Labute approximate surface area is 348 Å². The molecule has 7 aromatic carbocycles. The van der Waals surface area contributed by atoms with Crippen molar-refractivity contribution < 1.29 is 4.42 Å². The van der Waals surface area contributed by atoms with Crippen molar-refractivity contribution in [3.63, 3.8) is 0 Å². The van der Waals surface area contributed by atoms with E-state index in [0.717, 1.165) is 39.0 Å². The molecule has 6 heteroatoms. The van der Waals surface area contributed by atoms with Crippen molar-refractivity contribution >= 4 is 58.2 Å². The van der Waals surface area contributed by atoms with Crippen LogP contribution in [0.15, 0.2) is 160 Å². The number of oxazole rings is 1. The van der Waals surface area contributed by atoms with Gasteiger partial charge in [0, 0.05) is 32.7 Å². The van der Waals surface area contributed by atoms with Gasteiger partial charge in [-0.1, -0.05) is 128 Å². The van der Waals surface area contributed by atoms with Gasteiger partial charge in [-0.3, -0.25) is 9.38 Å². The van der Waals surface area contributed by atoms with Gasteiger partial charge in [0.2, 0.25) is 0 Å². The predicted molar refractivity (Wildman–Crippen MR) is 248 cm³/mol. The molecule has 59 heavy (non-hydrogen) atoms. The number of aromatic nitrogens is 3. The maximum absolute atomic E-state index is 6.66. The zero-order valence-electron chi connectivity index (χ0n) is 33.5. The molecule has 282 valence electrons. The van der Waals surface area contributed by atoms with Gasteiger partial charge in [-0.2, -0.15) is 4.98 Å². The monoisotopic (exact) mass is 793 g/mol. The second kappa shape index (κ2) is 12.5. The van der Waals surface area contributed by atoms with E-state index >= 15 is 0 Å². The standard InChI is InChI=1S/C53H39N3OSSi/c1-30-21-25-46-52(48(30)33-22-23-37-34-13-6-7-14-35(34)39-17-12-26-54-50(39)38-16-9-8-15-36(38)41(37)28-33)58-45-27-32(3)40(29-47(45)59(46,4)5)49-31(2)20-24-44-51(49)57-53-55-42-18-10-11-19-43(42)56(44)53/h6-29H,1-5H3. The predicted octanol–water partition coefficient (Wildman–Crippen LogP) is 13.2. The van der Waals surface area contributed by atoms with Crippen LogP contribution in [0, 0.1) is 20.8 Å². The molecule has 12 rings (SSSR count). The SMILES string of the molecule is Cc1cc2c(cc1-c1c(C)ccc3c1oc1nc4ccccc4n13)[Si](C)(C)c1ccc(C)c(-c3ccc4c(c3)-c3ccccc3-c3ncccc3-c3ccccc3-4)c1S2. The van der Waals surface area contributed by atoms with Crippen LogP contribution in [0.1, 0.15) is 16.7 Å². The third-order valence-corrected chi connectivity index (χ3v) is 18.0. The molecule has 0 saturated carbocycles. The number of nitrogens with zero attached hydrogens (tertiary/aromatic N) is 3. The molecule has 0 N–H and O–H groups in total. The van der Waals surface area contributed by atoms with Crippen LogP contribution in [0.25, 0.3) is 94.9 Å². The van der Waals surface area contributed by atoms with Crippen LogP contribution in [0.2, 0.25) is 13.1 Å². The zero-order valence-corrected chi connectivity index (χ0v) is 35.3. The minimum Gasteiger partial charge on any atom is -0.422 e. The Morgan fingerprint density at radius 1 is 0.542 bits per heavy atom. The Balaban J connectivity index is 1.03. The number of para-hydroxylation sites is 2. The second-order valence-electron chi connectivity index (χ2n) is 16.7. The molecule has 0 fully saturated rings. The van der Waals surface area contributed by atoms with Crippen molar-refractivity contribution in [1.29, 1.82) is 0 Å². The summed E-state index contributed by atoms with van der Waals surface area (Å²) in [6.45, 7) is 11.8. The highest BCUT2D eigenvalue weighted by molar-refractivity contribution is 8.00. The number of imidazole rings is 1. The van der Waals surface area contributed by atoms with E-state index in [2.05, 4.69) is 166 Å². The van der Waals surface area contributed by atoms with E-state index in [1.807, 2.05) is 30.1 Å². The molecule has 0 unspecified atom stereocenters. The Bertz CT molecular complexity index is 3440. The minimum atomic E-state index is -2.21. The summed E-state index contributed by atoms with van der Waals surface area (Å²) in [5, 5.41) is 2.96. The molecule has 0 bridgehead atoms. The van der Waals surface area contributed by atoms with Gasteiger partial charge < -0.3 is 4.42 Å². The number of hydrogen-bond donors (Lipinski definition) is 0. The third kappa shape index (κ3) is 4.90. The highest BCUT2D eigenvalue weighted by atomic mass is 32.2. The van der Waals surface area contributed by atoms with Gasteiger partial charge in [0.05, 0.1) is 22.2 Å². The first kappa shape index (κ1) is 34.6. The lowest BCUT2D eigenvalue weighted by Crippen LogP contribution is -2.56. The van der Waals surface area contributed by atoms with E-state index in [-0.39, 0.29) is 0 Å². The quantitative estimate of drug-likeness (QED) is 0.164. The van der Waals surface area contributed by atoms with Gasteiger partial charge in [0.1, 0.15) is 8.07 Å². The fourth-order valence-corrected chi connectivity index (χ4v) is 15.7. The number of aryl methyl sites for hydroxylation is 3. The molecular weight excluding hydrogens is 755 g/mol. The highest BCUT2D eigenvalue weighted by Crippen LogP contribution is 2.50. The molecule has 10 aromatic rings. The van der Waals surface area contributed by atoms with E-state index in [1.165, 1.54) is 86.9 Å². The van der Waals surface area contributed by atoms with Crippen molar-refractivity contribution in [2.24, 2.45) is 0 Å². The molecule has 4 nitrogen and oxygen atoms in total. The van der Waals surface area contributed by atoms with Gasteiger partial charge in [-0.25, -0.2) is 0 Å². The first-order valence-corrected chi connectivity index (χ1v) is 24.1. The number of fused-ring (bicyclic) bond motifs is 15. The molecule has 0 radical (unpaired) electrons. The maximum atomic E-state index is 6.66. The van der Waals surface area contributed by atoms with E-state index < -0.39 is 8.07 Å². The highest BCUT2D eigenvalue weighted by Gasteiger charge is 2.38. The van der Waals surface area contributed by atoms with E-state index in [9.17, 15) is 0 Å². The van der Waals surface area contributed by atoms with E-state index in [4.69, 9.17) is 14.4 Å². The number of hydrogen-bond acceptors (Lipinski definition) is 4. The molecule has 4 heterocycles. The van der Waals surface area contributed by atoms with Crippen LogP contribution in [-0.2, 0) is 0 Å². The molecule has 0 saturated heterocycles. The second-order valence-corrected chi connectivity index (χ2v) is 22.1. The van der Waals surface area contributed by atoms with Crippen molar-refractivity contribution in [3.8, 4) is 66.9 Å². The Morgan fingerprint density at radius 2 is 1.22 bits per heavy atom. The van der Waals surface area contributed by atoms with Crippen LogP contribution in [0.3, 0.4) is 0 Å². The lowest BCUT2D eigenvalue weighted by atomic mass is 9.81. The van der Waals surface area contributed by atoms with Crippen molar-refractivity contribution in [2.75, 3.05) is 0 Å². The van der Waals surface area contributed by atoms with Gasteiger partial charge in [0.15, 0.2) is 5.58 Å². The Kier molecular flexibility index (Phi) is 7.33. The van der Waals surface area contributed by atoms with E-state index in [1.54, 1.807) is 0 Å². The zero-order chi connectivity index (χ0) is 39.7. The van der Waals surface area contributed by atoms with Crippen molar-refractivity contribution in [3.05, 3.63) is 162 Å². The molecule has 1 aliphatic carbocycles. The van der Waals surface area contributed by atoms with Gasteiger partial charge in [0.25, 0.3) is 0 Å². The smallest absolute Gasteiger partial charge is 0.307 e. The lowest BCUT2D eigenvalue weighted by molar-refractivity contribution is 0.644. The topological polar surface area (TPSA) is 43.3 Å². The first-order chi connectivity index (χ1) is 28.8. The molecule has 2 aliphatic rings. The first-order valence-electron chi connectivity index (χ1n) is 20.3. The minimum absolute atomic E-state index is 0.633. The summed E-state index contributed by atoms with van der Waals surface area (Å²) in [6.07, 6.45) is 1.92. The molecule has 3 aromatic heterocycles. The third-order valence-electron chi connectivity index (χ3n) is 12.9. The summed E-state index contributed by atoms with van der Waals surface area (Å²) in [5.74, 6) is 0.633. The molecule has 1 aliphatic heterocycles. The summed E-state index contributed by atoms with van der Waals surface area (Å²) >= 11 is 1.95.